The Morgan fingerprint density at radius 3 is 2.61 bits per heavy atom. The molecule has 2 aromatic carbocycles. The van der Waals surface area contributed by atoms with Crippen LogP contribution in [-0.4, -0.2) is 30.4 Å². The van der Waals surface area contributed by atoms with Crippen LogP contribution in [0.4, 0.5) is 5.69 Å². The molecule has 28 heavy (non-hydrogen) atoms. The molecule has 0 aliphatic carbocycles. The standard InChI is InChI=1S/C21H19ClN2O3S/c1-24(13-17-8-5-11-28-17)20(25)14-27-19-10-9-15(22)12-18(19)21(26)23-16-6-3-2-4-7-16/h2-12H,13-14H2,1H3,(H,23,26). The van der Waals surface area contributed by atoms with Crippen LogP contribution in [-0.2, 0) is 11.3 Å². The predicted molar refractivity (Wildman–Crippen MR) is 112 cm³/mol. The Balaban J connectivity index is 1.66. The highest BCUT2D eigenvalue weighted by Gasteiger charge is 2.16. The zero-order valence-corrected chi connectivity index (χ0v) is 16.8. The highest BCUT2D eigenvalue weighted by molar-refractivity contribution is 7.09. The van der Waals surface area contributed by atoms with E-state index in [1.54, 1.807) is 47.5 Å². The molecule has 0 saturated carbocycles. The van der Waals surface area contributed by atoms with Crippen LogP contribution in [0.15, 0.2) is 66.0 Å². The van der Waals surface area contributed by atoms with E-state index in [-0.39, 0.29) is 24.0 Å². The molecule has 0 radical (unpaired) electrons. The summed E-state index contributed by atoms with van der Waals surface area (Å²) in [5, 5.41) is 5.17. The van der Waals surface area contributed by atoms with Gasteiger partial charge in [0.05, 0.1) is 12.1 Å². The molecule has 3 rings (SSSR count). The summed E-state index contributed by atoms with van der Waals surface area (Å²) in [5.41, 5.74) is 0.926. The molecule has 1 aromatic heterocycles. The van der Waals surface area contributed by atoms with Crippen LogP contribution in [0.1, 0.15) is 15.2 Å². The van der Waals surface area contributed by atoms with Crippen molar-refractivity contribution in [2.75, 3.05) is 19.0 Å². The molecule has 5 nitrogen and oxygen atoms in total. The van der Waals surface area contributed by atoms with E-state index in [0.29, 0.717) is 23.0 Å². The van der Waals surface area contributed by atoms with Gasteiger partial charge in [0.25, 0.3) is 11.8 Å². The van der Waals surface area contributed by atoms with E-state index in [1.165, 1.54) is 6.07 Å². The van der Waals surface area contributed by atoms with Gasteiger partial charge in [-0.3, -0.25) is 9.59 Å². The fraction of sp³-hybridized carbons (Fsp3) is 0.143. The first kappa shape index (κ1) is 19.9. The van der Waals surface area contributed by atoms with Crippen LogP contribution in [0.2, 0.25) is 5.02 Å². The van der Waals surface area contributed by atoms with E-state index in [0.717, 1.165) is 4.88 Å². The third-order valence-electron chi connectivity index (χ3n) is 3.97. The Morgan fingerprint density at radius 2 is 1.89 bits per heavy atom. The number of nitrogens with zero attached hydrogens (tertiary/aromatic N) is 1. The number of rotatable bonds is 7. The van der Waals surface area contributed by atoms with Gasteiger partial charge in [0.2, 0.25) is 0 Å². The lowest BCUT2D eigenvalue weighted by Gasteiger charge is -2.17. The van der Waals surface area contributed by atoms with Gasteiger partial charge >= 0.3 is 0 Å². The van der Waals surface area contributed by atoms with Gasteiger partial charge < -0.3 is 15.0 Å². The summed E-state index contributed by atoms with van der Waals surface area (Å²) in [6.07, 6.45) is 0. The van der Waals surface area contributed by atoms with Crippen molar-refractivity contribution in [1.29, 1.82) is 0 Å². The molecule has 144 valence electrons. The molecule has 1 N–H and O–H groups in total. The average molecular weight is 415 g/mol. The Hall–Kier alpha value is -2.83. The van der Waals surface area contributed by atoms with Gasteiger partial charge in [-0.05, 0) is 41.8 Å². The fourth-order valence-electron chi connectivity index (χ4n) is 2.50. The van der Waals surface area contributed by atoms with Gasteiger partial charge in [-0.25, -0.2) is 0 Å². The molecule has 3 aromatic rings. The highest BCUT2D eigenvalue weighted by Crippen LogP contribution is 2.24. The summed E-state index contributed by atoms with van der Waals surface area (Å²) in [6, 6.07) is 17.7. The van der Waals surface area contributed by atoms with Gasteiger partial charge in [-0.15, -0.1) is 11.3 Å². The fourth-order valence-corrected chi connectivity index (χ4v) is 3.43. The molecule has 0 fully saturated rings. The average Bonchev–Trinajstić information content (AvgIpc) is 3.20. The second kappa shape index (κ2) is 9.39. The Morgan fingerprint density at radius 1 is 1.11 bits per heavy atom. The smallest absolute Gasteiger partial charge is 0.260 e. The molecule has 7 heteroatoms. The normalized spacial score (nSPS) is 10.4. The topological polar surface area (TPSA) is 58.6 Å². The van der Waals surface area contributed by atoms with Crippen molar-refractivity contribution in [3.05, 3.63) is 81.5 Å². The molecule has 2 amide bonds. The van der Waals surface area contributed by atoms with Crippen LogP contribution in [0, 0.1) is 0 Å². The molecule has 0 aliphatic heterocycles. The minimum atomic E-state index is -0.358. The molecule has 0 bridgehead atoms. The number of carbonyl (C=O) groups is 2. The van der Waals surface area contributed by atoms with E-state index in [9.17, 15) is 9.59 Å². The van der Waals surface area contributed by atoms with E-state index in [1.807, 2.05) is 35.7 Å². The van der Waals surface area contributed by atoms with Crippen LogP contribution in [0.5, 0.6) is 5.75 Å². The number of benzene rings is 2. The Labute approximate surface area is 172 Å². The van der Waals surface area contributed by atoms with E-state index in [2.05, 4.69) is 5.32 Å². The Bertz CT molecular complexity index is 946. The van der Waals surface area contributed by atoms with Crippen LogP contribution < -0.4 is 10.1 Å². The van der Waals surface area contributed by atoms with E-state index in [4.69, 9.17) is 16.3 Å². The van der Waals surface area contributed by atoms with Crippen molar-refractivity contribution in [1.82, 2.24) is 4.90 Å². The minimum absolute atomic E-state index is 0.172. The molecule has 0 unspecified atom stereocenters. The first-order valence-corrected chi connectivity index (χ1v) is 9.84. The number of anilines is 1. The largest absolute Gasteiger partial charge is 0.483 e. The summed E-state index contributed by atoms with van der Waals surface area (Å²) < 4.78 is 5.65. The number of amides is 2. The summed E-state index contributed by atoms with van der Waals surface area (Å²) in [7, 11) is 1.72. The lowest BCUT2D eigenvalue weighted by Crippen LogP contribution is -2.31. The van der Waals surface area contributed by atoms with Crippen molar-refractivity contribution in [3.63, 3.8) is 0 Å². The van der Waals surface area contributed by atoms with Gasteiger partial charge in [-0.2, -0.15) is 0 Å². The van der Waals surface area contributed by atoms with Gasteiger partial charge in [0.1, 0.15) is 5.75 Å². The number of hydrogen-bond donors (Lipinski definition) is 1. The maximum Gasteiger partial charge on any atom is 0.260 e. The van der Waals surface area contributed by atoms with Crippen molar-refractivity contribution < 1.29 is 14.3 Å². The van der Waals surface area contributed by atoms with Gasteiger partial charge in [0, 0.05) is 22.6 Å². The molecule has 0 aliphatic rings. The maximum absolute atomic E-state index is 12.6. The number of halogens is 1. The third kappa shape index (κ3) is 5.34. The van der Waals surface area contributed by atoms with Crippen LogP contribution >= 0.6 is 22.9 Å². The summed E-state index contributed by atoms with van der Waals surface area (Å²) >= 11 is 7.64. The number of nitrogens with one attached hydrogen (secondary N) is 1. The highest BCUT2D eigenvalue weighted by atomic mass is 35.5. The van der Waals surface area contributed by atoms with E-state index >= 15 is 0 Å². The molecule has 0 saturated heterocycles. The maximum atomic E-state index is 12.6. The first-order valence-electron chi connectivity index (χ1n) is 8.58. The zero-order valence-electron chi connectivity index (χ0n) is 15.2. The molecule has 0 atom stereocenters. The summed E-state index contributed by atoms with van der Waals surface area (Å²) in [4.78, 5) is 27.7. The lowest BCUT2D eigenvalue weighted by molar-refractivity contribution is -0.132. The second-order valence-electron chi connectivity index (χ2n) is 6.08. The van der Waals surface area contributed by atoms with Crippen LogP contribution in [0.3, 0.4) is 0 Å². The van der Waals surface area contributed by atoms with Crippen LogP contribution in [0.25, 0.3) is 0 Å². The molecule has 1 heterocycles. The number of carbonyl (C=O) groups excluding carboxylic acids is 2. The first-order chi connectivity index (χ1) is 13.5. The summed E-state index contributed by atoms with van der Waals surface area (Å²) in [6.45, 7) is 0.344. The van der Waals surface area contributed by atoms with Crippen molar-refractivity contribution in [2.45, 2.75) is 6.54 Å². The summed E-state index contributed by atoms with van der Waals surface area (Å²) in [5.74, 6) is -0.239. The number of ether oxygens (including phenoxy) is 1. The number of para-hydroxylation sites is 1. The van der Waals surface area contributed by atoms with E-state index < -0.39 is 0 Å². The number of thiophene rings is 1. The monoisotopic (exact) mass is 414 g/mol. The van der Waals surface area contributed by atoms with Crippen molar-refractivity contribution in [2.24, 2.45) is 0 Å². The quantitative estimate of drug-likeness (QED) is 0.610. The third-order valence-corrected chi connectivity index (χ3v) is 5.06. The minimum Gasteiger partial charge on any atom is -0.483 e. The van der Waals surface area contributed by atoms with Crippen molar-refractivity contribution in [3.8, 4) is 5.75 Å². The molecule has 0 spiro atoms. The predicted octanol–water partition coefficient (Wildman–Crippen LogP) is 4.69. The lowest BCUT2D eigenvalue weighted by atomic mass is 10.2. The van der Waals surface area contributed by atoms with Gasteiger partial charge in [-0.1, -0.05) is 35.9 Å². The number of hydrogen-bond acceptors (Lipinski definition) is 4. The SMILES string of the molecule is CN(Cc1cccs1)C(=O)COc1ccc(Cl)cc1C(=O)Nc1ccccc1. The molecular weight excluding hydrogens is 396 g/mol. The van der Waals surface area contributed by atoms with Gasteiger partial charge in [0.15, 0.2) is 6.61 Å². The zero-order chi connectivity index (χ0) is 19.9. The number of likely N-dealkylation sites (N-methyl/N-ethyl adjacent to an activating group) is 1. The Kier molecular flexibility index (Phi) is 6.68. The second-order valence-corrected chi connectivity index (χ2v) is 7.55. The molecular formula is C21H19ClN2O3S. The van der Waals surface area contributed by atoms with Crippen molar-refractivity contribution >= 4 is 40.4 Å².